The Morgan fingerprint density at radius 2 is 1.77 bits per heavy atom. The normalized spacial score (nSPS) is 15.2. The van der Waals surface area contributed by atoms with Crippen LogP contribution in [0.1, 0.15) is 16.1 Å². The van der Waals surface area contributed by atoms with Gasteiger partial charge in [-0.3, -0.25) is 14.7 Å². The van der Waals surface area contributed by atoms with Gasteiger partial charge < -0.3 is 4.90 Å². The zero-order chi connectivity index (χ0) is 17.8. The van der Waals surface area contributed by atoms with E-state index in [1.165, 1.54) is 16.9 Å². The molecule has 0 saturated carbocycles. The topological polar surface area (TPSA) is 49.3 Å². The molecule has 0 N–H and O–H groups in total. The zero-order valence-electron chi connectivity index (χ0n) is 14.4. The summed E-state index contributed by atoms with van der Waals surface area (Å²) in [6.45, 7) is 4.18. The van der Waals surface area contributed by atoms with Gasteiger partial charge in [0, 0.05) is 44.3 Å². The molecule has 1 saturated heterocycles. The molecule has 3 heterocycles. The highest BCUT2D eigenvalue weighted by atomic mass is 32.1. The van der Waals surface area contributed by atoms with Crippen molar-refractivity contribution >= 4 is 17.2 Å². The summed E-state index contributed by atoms with van der Waals surface area (Å²) in [5.41, 5.74) is 2.64. The van der Waals surface area contributed by atoms with Gasteiger partial charge in [-0.25, -0.2) is 4.98 Å². The van der Waals surface area contributed by atoms with Gasteiger partial charge in [-0.1, -0.05) is 36.4 Å². The molecule has 2 aromatic heterocycles. The molecule has 1 amide bonds. The predicted molar refractivity (Wildman–Crippen MR) is 103 cm³/mol. The molecule has 3 aromatic rings. The summed E-state index contributed by atoms with van der Waals surface area (Å²) >= 11 is 1.47. The van der Waals surface area contributed by atoms with E-state index < -0.39 is 0 Å². The van der Waals surface area contributed by atoms with E-state index >= 15 is 0 Å². The molecule has 1 aliphatic heterocycles. The Labute approximate surface area is 156 Å². The molecule has 0 atom stereocenters. The quantitative estimate of drug-likeness (QED) is 0.714. The summed E-state index contributed by atoms with van der Waals surface area (Å²) < 4.78 is 0. The first-order valence-corrected chi connectivity index (χ1v) is 9.60. The highest BCUT2D eigenvalue weighted by Gasteiger charge is 2.24. The van der Waals surface area contributed by atoms with Gasteiger partial charge in [0.25, 0.3) is 5.91 Å². The SMILES string of the molecule is O=C(c1csc(-c2ccccn2)n1)N1CCN(Cc2ccccc2)CC1. The number of amides is 1. The first-order valence-electron chi connectivity index (χ1n) is 8.72. The highest BCUT2D eigenvalue weighted by Crippen LogP contribution is 2.22. The molecule has 1 aromatic carbocycles. The molecule has 0 unspecified atom stereocenters. The van der Waals surface area contributed by atoms with Crippen molar-refractivity contribution in [2.75, 3.05) is 26.2 Å². The largest absolute Gasteiger partial charge is 0.335 e. The van der Waals surface area contributed by atoms with E-state index in [4.69, 9.17) is 0 Å². The molecule has 132 valence electrons. The lowest BCUT2D eigenvalue weighted by Crippen LogP contribution is -2.48. The van der Waals surface area contributed by atoms with Crippen molar-refractivity contribution in [3.63, 3.8) is 0 Å². The van der Waals surface area contributed by atoms with Crippen molar-refractivity contribution in [3.8, 4) is 10.7 Å². The smallest absolute Gasteiger partial charge is 0.273 e. The molecule has 0 bridgehead atoms. The fourth-order valence-corrected chi connectivity index (χ4v) is 3.86. The van der Waals surface area contributed by atoms with Gasteiger partial charge in [0.2, 0.25) is 0 Å². The average molecular weight is 364 g/mol. The molecular formula is C20H20N4OS. The Hall–Kier alpha value is -2.57. The van der Waals surface area contributed by atoms with E-state index in [0.717, 1.165) is 43.4 Å². The van der Waals surface area contributed by atoms with Crippen LogP contribution in [0.3, 0.4) is 0 Å². The van der Waals surface area contributed by atoms with Crippen LogP contribution in [0.2, 0.25) is 0 Å². The van der Waals surface area contributed by atoms with Crippen molar-refractivity contribution in [2.24, 2.45) is 0 Å². The van der Waals surface area contributed by atoms with Gasteiger partial charge >= 0.3 is 0 Å². The minimum Gasteiger partial charge on any atom is -0.335 e. The number of aromatic nitrogens is 2. The van der Waals surface area contributed by atoms with E-state index in [1.54, 1.807) is 6.20 Å². The van der Waals surface area contributed by atoms with E-state index in [-0.39, 0.29) is 5.91 Å². The Kier molecular flexibility index (Phi) is 5.04. The number of carbonyl (C=O) groups excluding carboxylic acids is 1. The summed E-state index contributed by atoms with van der Waals surface area (Å²) in [5, 5.41) is 2.62. The van der Waals surface area contributed by atoms with Crippen molar-refractivity contribution in [1.29, 1.82) is 0 Å². The van der Waals surface area contributed by atoms with Crippen molar-refractivity contribution < 1.29 is 4.79 Å². The van der Waals surface area contributed by atoms with Crippen molar-refractivity contribution in [3.05, 3.63) is 71.4 Å². The van der Waals surface area contributed by atoms with Gasteiger partial charge in [-0.15, -0.1) is 11.3 Å². The zero-order valence-corrected chi connectivity index (χ0v) is 15.2. The standard InChI is InChI=1S/C20H20N4OS/c25-20(18-15-26-19(22-18)17-8-4-5-9-21-17)24-12-10-23(11-13-24)14-16-6-2-1-3-7-16/h1-9,15H,10-14H2. The molecule has 5 nitrogen and oxygen atoms in total. The molecule has 4 rings (SSSR count). The molecule has 26 heavy (non-hydrogen) atoms. The van der Waals surface area contributed by atoms with Crippen LogP contribution in [0.15, 0.2) is 60.1 Å². The summed E-state index contributed by atoms with van der Waals surface area (Å²) in [4.78, 5) is 25.8. The van der Waals surface area contributed by atoms with Gasteiger partial charge in [0.05, 0.1) is 5.69 Å². The van der Waals surface area contributed by atoms with E-state index in [1.807, 2.05) is 34.5 Å². The number of pyridine rings is 1. The lowest BCUT2D eigenvalue weighted by atomic mass is 10.2. The Morgan fingerprint density at radius 1 is 1.00 bits per heavy atom. The molecule has 6 heteroatoms. The fourth-order valence-electron chi connectivity index (χ4n) is 3.09. The lowest BCUT2D eigenvalue weighted by Gasteiger charge is -2.34. The van der Waals surface area contributed by atoms with Gasteiger partial charge in [-0.05, 0) is 17.7 Å². The Balaban J connectivity index is 1.36. The van der Waals surface area contributed by atoms with Crippen LogP contribution in [0.4, 0.5) is 0 Å². The molecule has 0 spiro atoms. The van der Waals surface area contributed by atoms with Crippen molar-refractivity contribution in [1.82, 2.24) is 19.8 Å². The van der Waals surface area contributed by atoms with Gasteiger partial charge in [0.1, 0.15) is 10.7 Å². The van der Waals surface area contributed by atoms with Crippen LogP contribution in [-0.4, -0.2) is 51.9 Å². The third-order valence-electron chi connectivity index (χ3n) is 4.52. The number of carbonyl (C=O) groups is 1. The van der Waals surface area contributed by atoms with E-state index in [9.17, 15) is 4.79 Å². The lowest BCUT2D eigenvalue weighted by molar-refractivity contribution is 0.0623. The summed E-state index contributed by atoms with van der Waals surface area (Å²) in [7, 11) is 0. The number of benzene rings is 1. The van der Waals surface area contributed by atoms with Crippen LogP contribution in [-0.2, 0) is 6.54 Å². The molecule has 0 aliphatic carbocycles. The van der Waals surface area contributed by atoms with E-state index in [2.05, 4.69) is 39.1 Å². The second-order valence-electron chi connectivity index (χ2n) is 6.31. The third-order valence-corrected chi connectivity index (χ3v) is 5.38. The Morgan fingerprint density at radius 3 is 2.50 bits per heavy atom. The highest BCUT2D eigenvalue weighted by molar-refractivity contribution is 7.13. The minimum atomic E-state index is 0.0165. The summed E-state index contributed by atoms with van der Waals surface area (Å²) in [5.74, 6) is 0.0165. The maximum atomic E-state index is 12.7. The first-order chi connectivity index (χ1) is 12.8. The summed E-state index contributed by atoms with van der Waals surface area (Å²) in [6.07, 6.45) is 1.74. The van der Waals surface area contributed by atoms with Gasteiger partial charge in [-0.2, -0.15) is 0 Å². The second-order valence-corrected chi connectivity index (χ2v) is 7.16. The number of hydrogen-bond donors (Lipinski definition) is 0. The third kappa shape index (κ3) is 3.81. The predicted octanol–water partition coefficient (Wildman–Crippen LogP) is 3.16. The molecule has 0 radical (unpaired) electrons. The Bertz CT molecular complexity index is 858. The van der Waals surface area contributed by atoms with Crippen LogP contribution in [0, 0.1) is 0 Å². The molecular weight excluding hydrogens is 344 g/mol. The number of piperazine rings is 1. The maximum absolute atomic E-state index is 12.7. The first kappa shape index (κ1) is 16.9. The molecule has 1 aliphatic rings. The van der Waals surface area contributed by atoms with Crippen LogP contribution < -0.4 is 0 Å². The number of hydrogen-bond acceptors (Lipinski definition) is 5. The van der Waals surface area contributed by atoms with Crippen LogP contribution in [0.5, 0.6) is 0 Å². The number of nitrogens with zero attached hydrogens (tertiary/aromatic N) is 4. The van der Waals surface area contributed by atoms with Gasteiger partial charge in [0.15, 0.2) is 0 Å². The maximum Gasteiger partial charge on any atom is 0.273 e. The average Bonchev–Trinajstić information content (AvgIpc) is 3.20. The molecule has 1 fully saturated rings. The minimum absolute atomic E-state index is 0.0165. The fraction of sp³-hybridized carbons (Fsp3) is 0.250. The van der Waals surface area contributed by atoms with Crippen LogP contribution >= 0.6 is 11.3 Å². The number of thiazole rings is 1. The summed E-state index contributed by atoms with van der Waals surface area (Å²) in [6, 6.07) is 16.2. The van der Waals surface area contributed by atoms with Crippen LogP contribution in [0.25, 0.3) is 10.7 Å². The number of rotatable bonds is 4. The second kappa shape index (κ2) is 7.76. The van der Waals surface area contributed by atoms with Crippen molar-refractivity contribution in [2.45, 2.75) is 6.54 Å². The van der Waals surface area contributed by atoms with E-state index in [0.29, 0.717) is 5.69 Å². The monoisotopic (exact) mass is 364 g/mol.